The van der Waals surface area contributed by atoms with Crippen LogP contribution in [0, 0.1) is 11.8 Å². The third-order valence-electron chi connectivity index (χ3n) is 7.11. The Morgan fingerprint density at radius 3 is 2.04 bits per heavy atom. The van der Waals surface area contributed by atoms with Crippen molar-refractivity contribution in [2.75, 3.05) is 13.1 Å². The number of ketones is 3. The molecule has 1 aromatic carbocycles. The molecule has 0 saturated carbocycles. The maximum atomic E-state index is 13.5. The monoisotopic (exact) mass is 644 g/mol. The summed E-state index contributed by atoms with van der Waals surface area (Å²) in [7, 11) is 0. The Bertz CT molecular complexity index is 1370. The standard InChI is InChI=1S/C29H44N10O5S/c1-16(38-26(44)18(10-11-24(31)42)15-22(41)19(30)7-5-13-37-29(34)35)21(40)14-17(6-4-12-36-28(32)33)25(43)27-39-20-8-2-3-9-23(20)45-27/h2-3,8-9,16-19H,4-7,10-15,30H2,1H3,(H2,31,42)(H,38,44)(H4,32,33,36)(H4,34,35,37)/t16-,17+,18+,19-/m0/s1. The number of carbonyl (C=O) groups is 5. The molecule has 0 saturated heterocycles. The third kappa shape index (κ3) is 13.0. The van der Waals surface area contributed by atoms with E-state index in [0.717, 1.165) is 4.70 Å². The van der Waals surface area contributed by atoms with E-state index in [1.807, 2.05) is 18.2 Å². The highest BCUT2D eigenvalue weighted by Gasteiger charge is 2.30. The van der Waals surface area contributed by atoms with Gasteiger partial charge in [-0.05, 0) is 51.2 Å². The first kappa shape index (κ1) is 36.8. The Labute approximate surface area is 265 Å². The van der Waals surface area contributed by atoms with Gasteiger partial charge in [-0.1, -0.05) is 12.1 Å². The van der Waals surface area contributed by atoms with E-state index in [1.165, 1.54) is 18.3 Å². The minimum atomic E-state index is -0.986. The Hall–Kier alpha value is -4.44. The molecule has 4 atom stereocenters. The van der Waals surface area contributed by atoms with Crippen LogP contribution in [0.2, 0.25) is 0 Å². The van der Waals surface area contributed by atoms with Crippen LogP contribution in [-0.4, -0.2) is 71.2 Å². The summed E-state index contributed by atoms with van der Waals surface area (Å²) in [5, 5.41) is 2.93. The first-order valence-electron chi connectivity index (χ1n) is 14.7. The van der Waals surface area contributed by atoms with Gasteiger partial charge < -0.3 is 39.7 Å². The number of primary amides is 1. The summed E-state index contributed by atoms with van der Waals surface area (Å²) in [4.78, 5) is 76.5. The fourth-order valence-corrected chi connectivity index (χ4v) is 5.56. The lowest BCUT2D eigenvalue weighted by molar-refractivity contribution is -0.133. The minimum absolute atomic E-state index is 0.00194. The van der Waals surface area contributed by atoms with Gasteiger partial charge in [-0.15, -0.1) is 11.3 Å². The third-order valence-corrected chi connectivity index (χ3v) is 8.16. The molecule has 0 aliphatic rings. The van der Waals surface area contributed by atoms with Crippen LogP contribution in [0.25, 0.3) is 10.2 Å². The number of aliphatic imine (C=N–C) groups is 2. The van der Waals surface area contributed by atoms with Crippen molar-refractivity contribution in [3.8, 4) is 0 Å². The average Bonchev–Trinajstić information content (AvgIpc) is 3.42. The second-order valence-corrected chi connectivity index (χ2v) is 11.9. The molecule has 2 aromatic rings. The fourth-order valence-electron chi connectivity index (χ4n) is 4.57. The van der Waals surface area contributed by atoms with Gasteiger partial charge >= 0.3 is 0 Å². The summed E-state index contributed by atoms with van der Waals surface area (Å²) in [5.74, 6) is -4.10. The molecule has 2 rings (SSSR count). The number of nitrogens with one attached hydrogen (secondary N) is 1. The predicted octanol–water partition coefficient (Wildman–Crippen LogP) is -0.165. The normalized spacial score (nSPS) is 13.6. The zero-order valence-corrected chi connectivity index (χ0v) is 26.3. The number of rotatable bonds is 21. The highest BCUT2D eigenvalue weighted by Crippen LogP contribution is 2.27. The summed E-state index contributed by atoms with van der Waals surface area (Å²) in [6.45, 7) is 2.07. The minimum Gasteiger partial charge on any atom is -0.370 e. The SMILES string of the molecule is C[C@H](NC(=O)[C@H](CCC(N)=O)CC(=O)[C@@H](N)CCCN=C(N)N)C(=O)C[C@@H](CCCN=C(N)N)C(=O)c1nc2ccccc2s1. The topological polar surface area (TPSA) is 291 Å². The first-order chi connectivity index (χ1) is 21.3. The van der Waals surface area contributed by atoms with Crippen LogP contribution in [0.15, 0.2) is 34.3 Å². The van der Waals surface area contributed by atoms with Crippen LogP contribution in [0.3, 0.4) is 0 Å². The summed E-state index contributed by atoms with van der Waals surface area (Å²) in [6.07, 6.45) is 0.960. The van der Waals surface area contributed by atoms with Crippen molar-refractivity contribution in [2.24, 2.45) is 56.2 Å². The molecule has 0 aliphatic carbocycles. The van der Waals surface area contributed by atoms with Gasteiger partial charge in [0, 0.05) is 44.2 Å². The van der Waals surface area contributed by atoms with E-state index in [9.17, 15) is 24.0 Å². The second-order valence-electron chi connectivity index (χ2n) is 10.8. The molecule has 0 spiro atoms. The van der Waals surface area contributed by atoms with Crippen molar-refractivity contribution >= 4 is 62.6 Å². The van der Waals surface area contributed by atoms with Gasteiger partial charge in [-0.3, -0.25) is 34.0 Å². The largest absolute Gasteiger partial charge is 0.370 e. The molecule has 0 radical (unpaired) electrons. The lowest BCUT2D eigenvalue weighted by Gasteiger charge is -2.22. The van der Waals surface area contributed by atoms with E-state index in [4.69, 9.17) is 34.4 Å². The zero-order valence-electron chi connectivity index (χ0n) is 25.4. The van der Waals surface area contributed by atoms with E-state index >= 15 is 0 Å². The van der Waals surface area contributed by atoms with Crippen molar-refractivity contribution < 1.29 is 24.0 Å². The van der Waals surface area contributed by atoms with E-state index in [-0.39, 0.29) is 66.5 Å². The van der Waals surface area contributed by atoms with Gasteiger partial charge in [-0.25, -0.2) is 4.98 Å². The van der Waals surface area contributed by atoms with Gasteiger partial charge in [0.05, 0.1) is 22.3 Å². The second kappa shape index (κ2) is 18.4. The van der Waals surface area contributed by atoms with Crippen LogP contribution in [-0.2, 0) is 19.2 Å². The highest BCUT2D eigenvalue weighted by atomic mass is 32.1. The highest BCUT2D eigenvalue weighted by molar-refractivity contribution is 7.20. The molecular weight excluding hydrogens is 600 g/mol. The van der Waals surface area contributed by atoms with Crippen molar-refractivity contribution in [3.63, 3.8) is 0 Å². The average molecular weight is 645 g/mol. The molecule has 2 amide bonds. The first-order valence-corrected chi connectivity index (χ1v) is 15.5. The Balaban J connectivity index is 2.10. The van der Waals surface area contributed by atoms with Crippen LogP contribution in [0.5, 0.6) is 0 Å². The van der Waals surface area contributed by atoms with Crippen molar-refractivity contribution in [1.29, 1.82) is 0 Å². The summed E-state index contributed by atoms with van der Waals surface area (Å²) in [5.41, 5.74) is 33.4. The number of amides is 2. The van der Waals surface area contributed by atoms with Gasteiger partial charge in [-0.2, -0.15) is 0 Å². The number of fused-ring (bicyclic) bond motifs is 1. The molecule has 0 bridgehead atoms. The maximum absolute atomic E-state index is 13.5. The lowest BCUT2D eigenvalue weighted by atomic mass is 9.90. The molecule has 13 N–H and O–H groups in total. The number of hydrogen-bond donors (Lipinski definition) is 7. The number of benzene rings is 1. The van der Waals surface area contributed by atoms with Crippen LogP contribution < -0.4 is 39.7 Å². The Morgan fingerprint density at radius 1 is 0.844 bits per heavy atom. The van der Waals surface area contributed by atoms with Gasteiger partial charge in [0.25, 0.3) is 0 Å². The number of nitrogens with two attached hydrogens (primary N) is 6. The van der Waals surface area contributed by atoms with Gasteiger partial charge in [0.1, 0.15) is 5.78 Å². The number of hydrogen-bond acceptors (Lipinski definition) is 10. The molecule has 0 fully saturated rings. The number of carbonyl (C=O) groups excluding carboxylic acids is 5. The number of nitrogens with zero attached hydrogens (tertiary/aromatic N) is 3. The van der Waals surface area contributed by atoms with Gasteiger partial charge in [0.2, 0.25) is 11.8 Å². The number of para-hydroxylation sites is 1. The smallest absolute Gasteiger partial charge is 0.224 e. The molecule has 15 nitrogen and oxygen atoms in total. The summed E-state index contributed by atoms with van der Waals surface area (Å²) in [6, 6.07) is 5.49. The van der Waals surface area contributed by atoms with Crippen molar-refractivity contribution in [3.05, 3.63) is 29.3 Å². The van der Waals surface area contributed by atoms with Crippen LogP contribution in [0.1, 0.15) is 68.1 Å². The molecule has 246 valence electrons. The molecule has 1 heterocycles. The Kier molecular flexibility index (Phi) is 15.0. The molecule has 16 heteroatoms. The van der Waals surface area contributed by atoms with Crippen LogP contribution >= 0.6 is 11.3 Å². The number of Topliss-reactive ketones (excluding diaryl/α,β-unsaturated/α-hetero) is 3. The molecule has 0 aliphatic heterocycles. The quantitative estimate of drug-likeness (QED) is 0.0405. The molecule has 1 aromatic heterocycles. The van der Waals surface area contributed by atoms with Crippen LogP contribution in [0.4, 0.5) is 0 Å². The lowest BCUT2D eigenvalue weighted by Crippen LogP contribution is -2.44. The number of guanidine groups is 2. The van der Waals surface area contributed by atoms with Crippen molar-refractivity contribution in [2.45, 2.75) is 70.4 Å². The molecular formula is C29H44N10O5S. The predicted molar refractivity (Wildman–Crippen MR) is 174 cm³/mol. The van der Waals surface area contributed by atoms with E-state index in [2.05, 4.69) is 20.3 Å². The van der Waals surface area contributed by atoms with Gasteiger partial charge in [0.15, 0.2) is 28.5 Å². The van der Waals surface area contributed by atoms with Crippen molar-refractivity contribution in [1.82, 2.24) is 10.3 Å². The summed E-state index contributed by atoms with van der Waals surface area (Å²) < 4.78 is 0.845. The van der Waals surface area contributed by atoms with E-state index < -0.39 is 35.7 Å². The number of aromatic nitrogens is 1. The fraction of sp³-hybridized carbons (Fsp3) is 0.517. The number of thiazole rings is 1. The Morgan fingerprint density at radius 2 is 1.44 bits per heavy atom. The zero-order chi connectivity index (χ0) is 33.5. The van der Waals surface area contributed by atoms with E-state index in [0.29, 0.717) is 37.7 Å². The molecule has 45 heavy (non-hydrogen) atoms. The molecule has 0 unspecified atom stereocenters. The summed E-state index contributed by atoms with van der Waals surface area (Å²) >= 11 is 1.24. The van der Waals surface area contributed by atoms with E-state index in [1.54, 1.807) is 6.07 Å². The maximum Gasteiger partial charge on any atom is 0.224 e.